The number of carbonyl (C=O) groups is 1. The highest BCUT2D eigenvalue weighted by Crippen LogP contribution is 2.32. The summed E-state index contributed by atoms with van der Waals surface area (Å²) in [6.07, 6.45) is 1.55. The molecule has 0 saturated carbocycles. The van der Waals surface area contributed by atoms with Crippen LogP contribution in [0.2, 0.25) is 10.0 Å². The molecule has 0 spiro atoms. The molecule has 0 aliphatic carbocycles. The molecule has 126 valence electrons. The predicted molar refractivity (Wildman–Crippen MR) is 99.9 cm³/mol. The quantitative estimate of drug-likeness (QED) is 0.610. The number of anilines is 1. The summed E-state index contributed by atoms with van der Waals surface area (Å²) in [5, 5.41) is 0.856. The van der Waals surface area contributed by atoms with Crippen molar-refractivity contribution in [1.29, 1.82) is 0 Å². The Kier molecular flexibility index (Phi) is 5.22. The third kappa shape index (κ3) is 3.92. The van der Waals surface area contributed by atoms with Crippen LogP contribution in [0.1, 0.15) is 10.4 Å². The van der Waals surface area contributed by atoms with E-state index in [1.54, 1.807) is 43.6 Å². The maximum absolute atomic E-state index is 12.9. The number of hydrogen-bond acceptors (Lipinski definition) is 3. The Hall–Kier alpha value is -2.56. The molecule has 2 aromatic carbocycles. The maximum atomic E-state index is 12.9. The number of benzene rings is 2. The zero-order chi connectivity index (χ0) is 17.8. The fourth-order valence-electron chi connectivity index (χ4n) is 2.24. The SMILES string of the molecule is CN(C(=O)c1cccnc1Oc1cc(Cl)ccc1Cl)c1ccccc1. The van der Waals surface area contributed by atoms with Gasteiger partial charge in [-0.2, -0.15) is 0 Å². The lowest BCUT2D eigenvalue weighted by molar-refractivity contribution is 0.0990. The minimum Gasteiger partial charge on any atom is -0.437 e. The zero-order valence-corrected chi connectivity index (χ0v) is 14.8. The molecule has 1 amide bonds. The van der Waals surface area contributed by atoms with Crippen molar-refractivity contribution in [2.45, 2.75) is 0 Å². The largest absolute Gasteiger partial charge is 0.437 e. The Bertz CT molecular complexity index is 901. The van der Waals surface area contributed by atoms with Crippen LogP contribution in [0, 0.1) is 0 Å². The first-order valence-corrected chi connectivity index (χ1v) is 8.23. The highest BCUT2D eigenvalue weighted by molar-refractivity contribution is 6.34. The van der Waals surface area contributed by atoms with Gasteiger partial charge in [0.15, 0.2) is 0 Å². The summed E-state index contributed by atoms with van der Waals surface area (Å²) in [7, 11) is 1.70. The standard InChI is InChI=1S/C19H14Cl2N2O2/c1-23(14-6-3-2-4-7-14)19(24)15-8-5-11-22-18(15)25-17-12-13(20)9-10-16(17)21/h2-12H,1H3. The normalized spacial score (nSPS) is 10.4. The number of pyridine rings is 1. The second kappa shape index (κ2) is 7.55. The third-order valence-electron chi connectivity index (χ3n) is 3.55. The third-order valence-corrected chi connectivity index (χ3v) is 4.10. The summed E-state index contributed by atoms with van der Waals surface area (Å²) in [5.41, 5.74) is 1.09. The first kappa shape index (κ1) is 17.3. The number of ether oxygens (including phenoxy) is 1. The van der Waals surface area contributed by atoms with Gasteiger partial charge in [-0.05, 0) is 36.4 Å². The molecule has 3 rings (SSSR count). The first-order chi connectivity index (χ1) is 12.1. The van der Waals surface area contributed by atoms with E-state index in [0.29, 0.717) is 21.4 Å². The van der Waals surface area contributed by atoms with E-state index in [4.69, 9.17) is 27.9 Å². The van der Waals surface area contributed by atoms with Gasteiger partial charge in [-0.25, -0.2) is 4.98 Å². The molecule has 0 aliphatic heterocycles. The van der Waals surface area contributed by atoms with E-state index in [-0.39, 0.29) is 11.8 Å². The van der Waals surface area contributed by atoms with Crippen molar-refractivity contribution in [3.63, 3.8) is 0 Å². The Morgan fingerprint density at radius 3 is 2.56 bits per heavy atom. The van der Waals surface area contributed by atoms with Crippen LogP contribution in [0.5, 0.6) is 11.6 Å². The number of nitrogens with zero attached hydrogens (tertiary/aromatic N) is 2. The summed E-state index contributed by atoms with van der Waals surface area (Å²) in [6.45, 7) is 0. The number of rotatable bonds is 4. The van der Waals surface area contributed by atoms with Gasteiger partial charge in [-0.1, -0.05) is 41.4 Å². The molecule has 0 saturated heterocycles. The van der Waals surface area contributed by atoms with Crippen LogP contribution in [0.4, 0.5) is 5.69 Å². The molecule has 3 aromatic rings. The smallest absolute Gasteiger partial charge is 0.263 e. The van der Waals surface area contributed by atoms with Crippen LogP contribution >= 0.6 is 23.2 Å². The van der Waals surface area contributed by atoms with E-state index < -0.39 is 0 Å². The molecule has 0 radical (unpaired) electrons. The first-order valence-electron chi connectivity index (χ1n) is 7.47. The Morgan fingerprint density at radius 1 is 1.04 bits per heavy atom. The minimum absolute atomic E-state index is 0.166. The van der Waals surface area contributed by atoms with Crippen molar-refractivity contribution in [2.24, 2.45) is 0 Å². The second-order valence-electron chi connectivity index (χ2n) is 5.23. The van der Waals surface area contributed by atoms with E-state index in [2.05, 4.69) is 4.98 Å². The van der Waals surface area contributed by atoms with Crippen molar-refractivity contribution >= 4 is 34.8 Å². The van der Waals surface area contributed by atoms with Gasteiger partial charge in [0.2, 0.25) is 5.88 Å². The molecule has 1 aromatic heterocycles. The number of para-hydroxylation sites is 1. The number of halogens is 2. The molecule has 0 bridgehead atoms. The van der Waals surface area contributed by atoms with Crippen LogP contribution in [0.15, 0.2) is 66.9 Å². The van der Waals surface area contributed by atoms with Crippen molar-refractivity contribution in [3.05, 3.63) is 82.5 Å². The lowest BCUT2D eigenvalue weighted by Gasteiger charge is -2.18. The van der Waals surface area contributed by atoms with Gasteiger partial charge < -0.3 is 9.64 Å². The fourth-order valence-corrected chi connectivity index (χ4v) is 2.56. The van der Waals surface area contributed by atoms with E-state index >= 15 is 0 Å². The summed E-state index contributed by atoms with van der Waals surface area (Å²) >= 11 is 12.1. The van der Waals surface area contributed by atoms with Crippen molar-refractivity contribution in [3.8, 4) is 11.6 Å². The van der Waals surface area contributed by atoms with Crippen molar-refractivity contribution < 1.29 is 9.53 Å². The molecular formula is C19H14Cl2N2O2. The summed E-state index contributed by atoms with van der Waals surface area (Å²) in [4.78, 5) is 18.6. The number of carbonyl (C=O) groups excluding carboxylic acids is 1. The number of hydrogen-bond donors (Lipinski definition) is 0. The van der Waals surface area contributed by atoms with Gasteiger partial charge in [0, 0.05) is 30.0 Å². The lowest BCUT2D eigenvalue weighted by Crippen LogP contribution is -2.26. The van der Waals surface area contributed by atoms with E-state index in [0.717, 1.165) is 5.69 Å². The van der Waals surface area contributed by atoms with Gasteiger partial charge in [-0.15, -0.1) is 0 Å². The van der Waals surface area contributed by atoms with Gasteiger partial charge in [-0.3, -0.25) is 4.79 Å². The van der Waals surface area contributed by atoms with Crippen LogP contribution in [-0.2, 0) is 0 Å². The zero-order valence-electron chi connectivity index (χ0n) is 13.3. The Balaban J connectivity index is 1.93. The highest BCUT2D eigenvalue weighted by Gasteiger charge is 2.20. The maximum Gasteiger partial charge on any atom is 0.263 e. The van der Waals surface area contributed by atoms with Crippen LogP contribution in [0.25, 0.3) is 0 Å². The van der Waals surface area contributed by atoms with Crippen LogP contribution in [0.3, 0.4) is 0 Å². The van der Waals surface area contributed by atoms with Gasteiger partial charge in [0.25, 0.3) is 5.91 Å². The molecule has 6 heteroatoms. The van der Waals surface area contributed by atoms with Gasteiger partial charge >= 0.3 is 0 Å². The predicted octanol–water partition coefficient (Wildman–Crippen LogP) is 5.46. The van der Waals surface area contributed by atoms with Crippen LogP contribution < -0.4 is 9.64 Å². The average molecular weight is 373 g/mol. The van der Waals surface area contributed by atoms with Crippen molar-refractivity contribution in [2.75, 3.05) is 11.9 Å². The molecule has 25 heavy (non-hydrogen) atoms. The molecular weight excluding hydrogens is 359 g/mol. The number of aromatic nitrogens is 1. The topological polar surface area (TPSA) is 42.4 Å². The van der Waals surface area contributed by atoms with E-state index in [1.807, 2.05) is 30.3 Å². The minimum atomic E-state index is -0.243. The average Bonchev–Trinajstić information content (AvgIpc) is 2.65. The van der Waals surface area contributed by atoms with Gasteiger partial charge in [0.1, 0.15) is 11.3 Å². The monoisotopic (exact) mass is 372 g/mol. The molecule has 0 unspecified atom stereocenters. The van der Waals surface area contributed by atoms with Crippen molar-refractivity contribution in [1.82, 2.24) is 4.98 Å². The molecule has 0 N–H and O–H groups in total. The summed E-state index contributed by atoms with van der Waals surface area (Å²) in [6, 6.07) is 17.5. The van der Waals surface area contributed by atoms with E-state index in [9.17, 15) is 4.79 Å². The fraction of sp³-hybridized carbons (Fsp3) is 0.0526. The lowest BCUT2D eigenvalue weighted by atomic mass is 10.2. The molecule has 4 nitrogen and oxygen atoms in total. The highest BCUT2D eigenvalue weighted by atomic mass is 35.5. The van der Waals surface area contributed by atoms with Gasteiger partial charge in [0.05, 0.1) is 5.02 Å². The van der Waals surface area contributed by atoms with E-state index in [1.165, 1.54) is 4.90 Å². The Labute approximate surface area is 155 Å². The number of amides is 1. The Morgan fingerprint density at radius 2 is 1.80 bits per heavy atom. The summed E-state index contributed by atoms with van der Waals surface area (Å²) in [5.74, 6) is 0.260. The molecule has 1 heterocycles. The second-order valence-corrected chi connectivity index (χ2v) is 6.08. The molecule has 0 aliphatic rings. The molecule has 0 atom stereocenters. The van der Waals surface area contributed by atoms with Crippen LogP contribution in [-0.4, -0.2) is 17.9 Å². The summed E-state index contributed by atoms with van der Waals surface area (Å²) < 4.78 is 5.75. The molecule has 0 fully saturated rings.